The predicted octanol–water partition coefficient (Wildman–Crippen LogP) is 2.45. The number of rotatable bonds is 9. The third-order valence-electron chi connectivity index (χ3n) is 5.67. The van der Waals surface area contributed by atoms with Crippen molar-refractivity contribution in [3.63, 3.8) is 0 Å². The second kappa shape index (κ2) is 12.6. The molecule has 0 radical (unpaired) electrons. The Bertz CT molecular complexity index is 418. The van der Waals surface area contributed by atoms with E-state index in [9.17, 15) is 0 Å². The topological polar surface area (TPSA) is 49.3 Å². The van der Waals surface area contributed by atoms with Crippen molar-refractivity contribution < 1.29 is 9.47 Å². The molecule has 0 saturated carbocycles. The van der Waals surface area contributed by atoms with Crippen LogP contribution in [0.1, 0.15) is 46.5 Å². The van der Waals surface area contributed by atoms with Crippen LogP contribution in [0.2, 0.25) is 0 Å². The molecule has 0 aromatic rings. The van der Waals surface area contributed by atoms with Crippen LogP contribution in [0.4, 0.5) is 0 Å². The van der Waals surface area contributed by atoms with Crippen LogP contribution in [-0.2, 0) is 9.47 Å². The van der Waals surface area contributed by atoms with Crippen LogP contribution < -0.4 is 5.32 Å². The lowest BCUT2D eigenvalue weighted by molar-refractivity contribution is 0.0142. The van der Waals surface area contributed by atoms with Crippen molar-refractivity contribution in [2.24, 2.45) is 16.8 Å². The molecule has 0 spiro atoms. The molecule has 2 rings (SSSR count). The van der Waals surface area contributed by atoms with E-state index in [0.29, 0.717) is 12.0 Å². The summed E-state index contributed by atoms with van der Waals surface area (Å²) in [5.74, 6) is 2.53. The Morgan fingerprint density at radius 2 is 1.81 bits per heavy atom. The van der Waals surface area contributed by atoms with E-state index in [0.717, 1.165) is 71.0 Å². The summed E-state index contributed by atoms with van der Waals surface area (Å²) in [5, 5.41) is 3.49. The molecule has 2 fully saturated rings. The van der Waals surface area contributed by atoms with Crippen LogP contribution in [-0.4, -0.2) is 88.0 Å². The Hall–Kier alpha value is -0.850. The number of nitrogens with one attached hydrogen (secondary N) is 1. The average Bonchev–Trinajstić information content (AvgIpc) is 2.69. The smallest absolute Gasteiger partial charge is 0.193 e. The van der Waals surface area contributed by atoms with E-state index in [1.54, 1.807) is 0 Å². The van der Waals surface area contributed by atoms with E-state index < -0.39 is 0 Å². The highest BCUT2D eigenvalue weighted by molar-refractivity contribution is 5.79. The van der Waals surface area contributed by atoms with E-state index in [4.69, 9.17) is 14.5 Å². The number of nitrogens with zero attached hydrogens (tertiary/aromatic N) is 3. The second-order valence-corrected chi connectivity index (χ2v) is 8.39. The van der Waals surface area contributed by atoms with Crippen LogP contribution in [0.25, 0.3) is 0 Å². The molecule has 2 saturated heterocycles. The van der Waals surface area contributed by atoms with Crippen molar-refractivity contribution in [1.82, 2.24) is 15.1 Å². The number of hydrogen-bond acceptors (Lipinski definition) is 4. The Kier molecular flexibility index (Phi) is 10.5. The molecule has 1 unspecified atom stereocenters. The van der Waals surface area contributed by atoms with Gasteiger partial charge in [0, 0.05) is 52.5 Å². The van der Waals surface area contributed by atoms with Gasteiger partial charge < -0.3 is 19.7 Å². The Balaban J connectivity index is 1.91. The second-order valence-electron chi connectivity index (χ2n) is 8.39. The fourth-order valence-corrected chi connectivity index (χ4v) is 4.00. The third-order valence-corrected chi connectivity index (χ3v) is 5.67. The Morgan fingerprint density at radius 3 is 2.44 bits per heavy atom. The summed E-state index contributed by atoms with van der Waals surface area (Å²) in [4.78, 5) is 9.91. The Labute approximate surface area is 166 Å². The van der Waals surface area contributed by atoms with Crippen LogP contribution in [0, 0.1) is 11.8 Å². The minimum Gasteiger partial charge on any atom is -0.381 e. The van der Waals surface area contributed by atoms with Gasteiger partial charge in [0.15, 0.2) is 5.96 Å². The molecule has 0 amide bonds. The lowest BCUT2D eigenvalue weighted by Crippen LogP contribution is -2.46. The summed E-state index contributed by atoms with van der Waals surface area (Å²) in [5.41, 5.74) is 0. The quantitative estimate of drug-likeness (QED) is 0.490. The molecule has 6 nitrogen and oxygen atoms in total. The van der Waals surface area contributed by atoms with Gasteiger partial charge in [0.05, 0.1) is 19.8 Å². The van der Waals surface area contributed by atoms with Crippen molar-refractivity contribution in [1.29, 1.82) is 0 Å². The van der Waals surface area contributed by atoms with Crippen LogP contribution >= 0.6 is 0 Å². The van der Waals surface area contributed by atoms with E-state index in [1.165, 1.54) is 25.7 Å². The summed E-state index contributed by atoms with van der Waals surface area (Å²) in [6.07, 6.45) is 4.82. The van der Waals surface area contributed by atoms with Gasteiger partial charge in [-0.05, 0) is 44.4 Å². The minimum absolute atomic E-state index is 0.506. The van der Waals surface area contributed by atoms with Crippen molar-refractivity contribution in [3.8, 4) is 0 Å². The summed E-state index contributed by atoms with van der Waals surface area (Å²) in [6.45, 7) is 15.2. The normalized spacial score (nSPS) is 21.4. The monoisotopic (exact) mass is 382 g/mol. The zero-order valence-corrected chi connectivity index (χ0v) is 18.1. The fourth-order valence-electron chi connectivity index (χ4n) is 4.00. The molecule has 2 aliphatic heterocycles. The first kappa shape index (κ1) is 22.4. The van der Waals surface area contributed by atoms with Crippen molar-refractivity contribution in [2.75, 3.05) is 66.2 Å². The van der Waals surface area contributed by atoms with Gasteiger partial charge in [-0.3, -0.25) is 9.89 Å². The van der Waals surface area contributed by atoms with Crippen molar-refractivity contribution in [3.05, 3.63) is 0 Å². The number of hydrogen-bond donors (Lipinski definition) is 1. The molecule has 1 N–H and O–H groups in total. The maximum Gasteiger partial charge on any atom is 0.193 e. The van der Waals surface area contributed by atoms with Gasteiger partial charge in [0.25, 0.3) is 0 Å². The first-order chi connectivity index (χ1) is 13.1. The molecule has 0 aromatic carbocycles. The van der Waals surface area contributed by atoms with Gasteiger partial charge in [0.2, 0.25) is 0 Å². The lowest BCUT2D eigenvalue weighted by Gasteiger charge is -2.35. The van der Waals surface area contributed by atoms with Crippen LogP contribution in [0.3, 0.4) is 0 Å². The van der Waals surface area contributed by atoms with Gasteiger partial charge >= 0.3 is 0 Å². The van der Waals surface area contributed by atoms with Gasteiger partial charge in [-0.2, -0.15) is 0 Å². The molecule has 158 valence electrons. The maximum absolute atomic E-state index is 5.54. The molecule has 2 heterocycles. The average molecular weight is 383 g/mol. The largest absolute Gasteiger partial charge is 0.381 e. The highest BCUT2D eigenvalue weighted by atomic mass is 16.5. The summed E-state index contributed by atoms with van der Waals surface area (Å²) in [7, 11) is 2.17. The molecule has 0 aromatic heterocycles. The predicted molar refractivity (Wildman–Crippen MR) is 112 cm³/mol. The van der Waals surface area contributed by atoms with E-state index >= 15 is 0 Å². The highest BCUT2D eigenvalue weighted by Crippen LogP contribution is 2.18. The lowest BCUT2D eigenvalue weighted by atomic mass is 9.96. The molecule has 6 heteroatoms. The first-order valence-corrected chi connectivity index (χ1v) is 11.0. The Morgan fingerprint density at radius 1 is 1.15 bits per heavy atom. The summed E-state index contributed by atoms with van der Waals surface area (Å²) >= 11 is 0. The number of ether oxygens (including phenoxy) is 2. The molecule has 1 atom stereocenters. The molecule has 27 heavy (non-hydrogen) atoms. The number of aliphatic imine (C=N–C) groups is 1. The molecular weight excluding hydrogens is 340 g/mol. The SMILES string of the molecule is CCNC(=NCC(CC(C)C)N1CCOCC1)N(C)CCC1CCOCC1. The van der Waals surface area contributed by atoms with Crippen molar-refractivity contribution in [2.45, 2.75) is 52.5 Å². The van der Waals surface area contributed by atoms with E-state index in [1.807, 2.05) is 0 Å². The number of guanidine groups is 1. The maximum atomic E-state index is 5.54. The fraction of sp³-hybridized carbons (Fsp3) is 0.952. The van der Waals surface area contributed by atoms with Gasteiger partial charge in [0.1, 0.15) is 0 Å². The van der Waals surface area contributed by atoms with Crippen LogP contribution in [0.15, 0.2) is 4.99 Å². The van der Waals surface area contributed by atoms with Crippen molar-refractivity contribution >= 4 is 5.96 Å². The van der Waals surface area contributed by atoms with E-state index in [-0.39, 0.29) is 0 Å². The first-order valence-electron chi connectivity index (χ1n) is 11.0. The summed E-state index contributed by atoms with van der Waals surface area (Å²) < 4.78 is 11.0. The highest BCUT2D eigenvalue weighted by Gasteiger charge is 2.22. The molecule has 0 bridgehead atoms. The minimum atomic E-state index is 0.506. The zero-order chi connectivity index (χ0) is 19.5. The molecule has 0 aliphatic carbocycles. The van der Waals surface area contributed by atoms with Gasteiger partial charge in [-0.1, -0.05) is 13.8 Å². The van der Waals surface area contributed by atoms with Gasteiger partial charge in [-0.25, -0.2) is 0 Å². The zero-order valence-electron chi connectivity index (χ0n) is 18.1. The third kappa shape index (κ3) is 8.36. The molecular formula is C21H42N4O2. The van der Waals surface area contributed by atoms with E-state index in [2.05, 4.69) is 42.9 Å². The van der Waals surface area contributed by atoms with Gasteiger partial charge in [-0.15, -0.1) is 0 Å². The van der Waals surface area contributed by atoms with Crippen LogP contribution in [0.5, 0.6) is 0 Å². The standard InChI is InChI=1S/C21H42N4O2/c1-5-22-21(24(4)9-6-19-7-12-26-13-8-19)23-17-20(16-18(2)3)25-10-14-27-15-11-25/h18-20H,5-17H2,1-4H3,(H,22,23). The number of morpholine rings is 1. The summed E-state index contributed by atoms with van der Waals surface area (Å²) in [6, 6.07) is 0.506. The molecule has 2 aliphatic rings.